The van der Waals surface area contributed by atoms with Gasteiger partial charge in [0.1, 0.15) is 6.10 Å². The van der Waals surface area contributed by atoms with Gasteiger partial charge in [-0.15, -0.1) is 0 Å². The third-order valence-electron chi connectivity index (χ3n) is 1.93. The Hall–Kier alpha value is 0.0700. The quantitative estimate of drug-likeness (QED) is 0.841. The molecule has 78 valence electrons. The van der Waals surface area contributed by atoms with E-state index in [0.717, 1.165) is 5.56 Å². The molecule has 1 unspecified atom stereocenters. The first-order chi connectivity index (χ1) is 6.50. The predicted molar refractivity (Wildman–Crippen MR) is 62.5 cm³/mol. The van der Waals surface area contributed by atoms with Gasteiger partial charge in [0.25, 0.3) is 0 Å². The number of aryl methyl sites for hydroxylation is 1. The van der Waals surface area contributed by atoms with E-state index in [9.17, 15) is 9.50 Å². The highest BCUT2D eigenvalue weighted by molar-refractivity contribution is 9.25. The minimum Gasteiger partial charge on any atom is -0.388 e. The molecule has 0 saturated heterocycles. The zero-order valence-electron chi connectivity index (χ0n) is 7.46. The van der Waals surface area contributed by atoms with Gasteiger partial charge in [-0.1, -0.05) is 30.3 Å². The van der Waals surface area contributed by atoms with Crippen LogP contribution in [0.2, 0.25) is 0 Å². The molecule has 0 amide bonds. The van der Waals surface area contributed by atoms with Crippen molar-refractivity contribution in [3.05, 3.63) is 35.9 Å². The SMILES string of the molecule is OC(CCc1ccccc1)C(F)(Br)Br. The lowest BCUT2D eigenvalue weighted by Crippen LogP contribution is -2.25. The molecule has 0 bridgehead atoms. The highest BCUT2D eigenvalue weighted by Crippen LogP contribution is 2.33. The molecule has 1 N–H and O–H groups in total. The normalized spacial score (nSPS) is 14.0. The van der Waals surface area contributed by atoms with Crippen LogP contribution in [0.4, 0.5) is 4.39 Å². The van der Waals surface area contributed by atoms with E-state index in [1.165, 1.54) is 0 Å². The summed E-state index contributed by atoms with van der Waals surface area (Å²) >= 11 is 5.43. The maximum absolute atomic E-state index is 13.1. The number of aliphatic hydroxyl groups is 1. The van der Waals surface area contributed by atoms with Crippen LogP contribution >= 0.6 is 31.9 Å². The molecule has 0 aliphatic carbocycles. The molecule has 0 aromatic heterocycles. The summed E-state index contributed by atoms with van der Waals surface area (Å²) in [5.74, 6) is 0. The summed E-state index contributed by atoms with van der Waals surface area (Å²) in [6.45, 7) is 0. The van der Waals surface area contributed by atoms with Crippen molar-refractivity contribution in [2.45, 2.75) is 22.4 Å². The van der Waals surface area contributed by atoms with Gasteiger partial charge in [0.05, 0.1) is 0 Å². The van der Waals surface area contributed by atoms with Gasteiger partial charge in [-0.25, -0.2) is 4.39 Å². The molecule has 1 atom stereocenters. The topological polar surface area (TPSA) is 20.2 Å². The highest BCUT2D eigenvalue weighted by Gasteiger charge is 2.31. The van der Waals surface area contributed by atoms with E-state index in [1.54, 1.807) is 0 Å². The molecule has 0 saturated carbocycles. The van der Waals surface area contributed by atoms with Crippen LogP contribution in [0.3, 0.4) is 0 Å². The Morgan fingerprint density at radius 1 is 1.29 bits per heavy atom. The van der Waals surface area contributed by atoms with E-state index in [-0.39, 0.29) is 0 Å². The number of alkyl halides is 3. The molecule has 0 radical (unpaired) electrons. The number of benzene rings is 1. The second-order valence-electron chi connectivity index (χ2n) is 3.08. The molecule has 0 spiro atoms. The molecule has 1 aromatic carbocycles. The molecule has 4 heteroatoms. The first-order valence-corrected chi connectivity index (χ1v) is 5.87. The van der Waals surface area contributed by atoms with Crippen molar-refractivity contribution in [2.24, 2.45) is 0 Å². The van der Waals surface area contributed by atoms with Gasteiger partial charge in [0.15, 0.2) is 0 Å². The van der Waals surface area contributed by atoms with E-state index < -0.39 is 9.59 Å². The van der Waals surface area contributed by atoms with Crippen LogP contribution in [0.1, 0.15) is 12.0 Å². The molecular weight excluding hydrogens is 315 g/mol. The van der Waals surface area contributed by atoms with Gasteiger partial charge in [-0.3, -0.25) is 0 Å². The summed E-state index contributed by atoms with van der Waals surface area (Å²) in [6.07, 6.45) is -0.0234. The van der Waals surface area contributed by atoms with Crippen LogP contribution < -0.4 is 0 Å². The average Bonchev–Trinajstić information content (AvgIpc) is 2.14. The maximum Gasteiger partial charge on any atom is 0.244 e. The smallest absolute Gasteiger partial charge is 0.244 e. The van der Waals surface area contributed by atoms with E-state index in [1.807, 2.05) is 30.3 Å². The monoisotopic (exact) mass is 324 g/mol. The van der Waals surface area contributed by atoms with Gasteiger partial charge < -0.3 is 5.11 Å². The summed E-state index contributed by atoms with van der Waals surface area (Å²) < 4.78 is 11.2. The van der Waals surface area contributed by atoms with E-state index in [2.05, 4.69) is 31.9 Å². The highest BCUT2D eigenvalue weighted by atomic mass is 79.9. The van der Waals surface area contributed by atoms with Crippen molar-refractivity contribution in [3.8, 4) is 0 Å². The summed E-state index contributed by atoms with van der Waals surface area (Å²) in [7, 11) is 0. The van der Waals surface area contributed by atoms with Crippen LogP contribution in [0.5, 0.6) is 0 Å². The van der Waals surface area contributed by atoms with Gasteiger partial charge in [0.2, 0.25) is 3.49 Å². The Morgan fingerprint density at radius 3 is 2.36 bits per heavy atom. The van der Waals surface area contributed by atoms with Crippen LogP contribution in [0.25, 0.3) is 0 Å². The summed E-state index contributed by atoms with van der Waals surface area (Å²) in [6, 6.07) is 9.68. The van der Waals surface area contributed by atoms with Crippen molar-refractivity contribution < 1.29 is 9.50 Å². The fraction of sp³-hybridized carbons (Fsp3) is 0.400. The van der Waals surface area contributed by atoms with Crippen LogP contribution in [0.15, 0.2) is 30.3 Å². The molecule has 14 heavy (non-hydrogen) atoms. The van der Waals surface area contributed by atoms with Crippen molar-refractivity contribution in [1.29, 1.82) is 0 Å². The zero-order valence-corrected chi connectivity index (χ0v) is 10.6. The van der Waals surface area contributed by atoms with Crippen LogP contribution in [-0.4, -0.2) is 14.7 Å². The minimum atomic E-state index is -1.88. The third-order valence-corrected chi connectivity index (χ3v) is 2.98. The second-order valence-corrected chi connectivity index (χ2v) is 6.45. The van der Waals surface area contributed by atoms with Crippen molar-refractivity contribution in [2.75, 3.05) is 0 Å². The maximum atomic E-state index is 13.1. The Kier molecular flexibility index (Phi) is 4.54. The molecule has 0 aliphatic rings. The van der Waals surface area contributed by atoms with Gasteiger partial charge in [-0.05, 0) is 50.3 Å². The van der Waals surface area contributed by atoms with E-state index in [0.29, 0.717) is 12.8 Å². The van der Waals surface area contributed by atoms with Crippen LogP contribution in [0, 0.1) is 0 Å². The lowest BCUT2D eigenvalue weighted by Gasteiger charge is -2.17. The van der Waals surface area contributed by atoms with Gasteiger partial charge in [0, 0.05) is 0 Å². The number of hydrogen-bond acceptors (Lipinski definition) is 1. The second kappa shape index (κ2) is 5.24. The Bertz CT molecular complexity index is 271. The standard InChI is InChI=1S/C10H11Br2FO/c11-10(12,13)9(14)7-6-8-4-2-1-3-5-8/h1-5,9,14H,6-7H2. The Labute approximate surface area is 99.6 Å². The molecule has 1 rings (SSSR count). The molecule has 1 nitrogen and oxygen atoms in total. The third kappa shape index (κ3) is 4.07. The Morgan fingerprint density at radius 2 is 1.86 bits per heavy atom. The number of halogens is 3. The van der Waals surface area contributed by atoms with Gasteiger partial charge >= 0.3 is 0 Å². The molecule has 1 aromatic rings. The summed E-state index contributed by atoms with van der Waals surface area (Å²) in [5, 5.41) is 9.38. The fourth-order valence-corrected chi connectivity index (χ4v) is 1.57. The first-order valence-electron chi connectivity index (χ1n) is 4.29. The lowest BCUT2D eigenvalue weighted by atomic mass is 10.1. The molecular formula is C10H11Br2FO. The van der Waals surface area contributed by atoms with Crippen LogP contribution in [-0.2, 0) is 6.42 Å². The zero-order chi connectivity index (χ0) is 10.6. The largest absolute Gasteiger partial charge is 0.388 e. The molecule has 0 fully saturated rings. The van der Waals surface area contributed by atoms with Crippen molar-refractivity contribution in [3.63, 3.8) is 0 Å². The van der Waals surface area contributed by atoms with E-state index in [4.69, 9.17) is 0 Å². The number of rotatable bonds is 4. The summed E-state index contributed by atoms with van der Waals surface area (Å²) in [4.78, 5) is 0. The fourth-order valence-electron chi connectivity index (χ4n) is 1.11. The number of aliphatic hydroxyl groups excluding tert-OH is 1. The van der Waals surface area contributed by atoms with Crippen molar-refractivity contribution in [1.82, 2.24) is 0 Å². The average molecular weight is 326 g/mol. The molecule has 0 heterocycles. The van der Waals surface area contributed by atoms with Gasteiger partial charge in [-0.2, -0.15) is 0 Å². The minimum absolute atomic E-state index is 0.372. The Balaban J connectivity index is 2.42. The first kappa shape index (κ1) is 12.1. The van der Waals surface area contributed by atoms with E-state index >= 15 is 0 Å². The predicted octanol–water partition coefficient (Wildman–Crippen LogP) is 3.39. The lowest BCUT2D eigenvalue weighted by molar-refractivity contribution is 0.105. The summed E-state index contributed by atoms with van der Waals surface area (Å²) in [5.41, 5.74) is 1.09. The molecule has 0 aliphatic heterocycles. The number of hydrogen-bond donors (Lipinski definition) is 1. The van der Waals surface area contributed by atoms with Crippen molar-refractivity contribution >= 4 is 31.9 Å².